The summed E-state index contributed by atoms with van der Waals surface area (Å²) in [6.45, 7) is 2.28. The lowest BCUT2D eigenvalue weighted by molar-refractivity contribution is -0.126. The highest BCUT2D eigenvalue weighted by molar-refractivity contribution is 6.30. The Labute approximate surface area is 157 Å². The maximum absolute atomic E-state index is 12.6. The molecule has 3 rings (SSSR count). The molecule has 1 aliphatic rings. The summed E-state index contributed by atoms with van der Waals surface area (Å²) in [5, 5.41) is 3.64. The fraction of sp³-hybridized carbons (Fsp3) is 0.300. The van der Waals surface area contributed by atoms with E-state index in [9.17, 15) is 9.59 Å². The van der Waals surface area contributed by atoms with Crippen LogP contribution < -0.4 is 15.0 Å². The van der Waals surface area contributed by atoms with Crippen molar-refractivity contribution >= 4 is 29.1 Å². The van der Waals surface area contributed by atoms with Gasteiger partial charge in [0.1, 0.15) is 5.75 Å². The Balaban J connectivity index is 1.65. The van der Waals surface area contributed by atoms with Crippen molar-refractivity contribution in [2.45, 2.75) is 19.4 Å². The van der Waals surface area contributed by atoms with Crippen LogP contribution in [0, 0.1) is 5.92 Å². The molecule has 2 aromatic carbocycles. The van der Waals surface area contributed by atoms with E-state index in [4.69, 9.17) is 16.3 Å². The zero-order valence-electron chi connectivity index (χ0n) is 14.7. The third-order valence-corrected chi connectivity index (χ3v) is 4.84. The summed E-state index contributed by atoms with van der Waals surface area (Å²) in [5.41, 5.74) is 1.71. The quantitative estimate of drug-likeness (QED) is 0.872. The van der Waals surface area contributed by atoms with Crippen LogP contribution in [0.1, 0.15) is 24.9 Å². The first kappa shape index (κ1) is 18.3. The van der Waals surface area contributed by atoms with E-state index in [0.717, 1.165) is 11.3 Å². The number of carbonyl (C=O) groups excluding carboxylic acids is 2. The summed E-state index contributed by atoms with van der Waals surface area (Å²) >= 11 is 5.90. The first-order valence-electron chi connectivity index (χ1n) is 8.48. The van der Waals surface area contributed by atoms with E-state index >= 15 is 0 Å². The maximum atomic E-state index is 12.6. The van der Waals surface area contributed by atoms with E-state index < -0.39 is 0 Å². The van der Waals surface area contributed by atoms with Gasteiger partial charge in [0.2, 0.25) is 11.8 Å². The molecule has 0 saturated carbocycles. The number of hydrogen-bond donors (Lipinski definition) is 1. The second kappa shape index (κ2) is 7.79. The number of anilines is 1. The van der Waals surface area contributed by atoms with Gasteiger partial charge in [0.25, 0.3) is 0 Å². The summed E-state index contributed by atoms with van der Waals surface area (Å²) in [5.74, 6) is 0.131. The molecule has 1 fully saturated rings. The Morgan fingerprint density at radius 3 is 2.69 bits per heavy atom. The minimum absolute atomic E-state index is 0.0578. The number of hydrogen-bond acceptors (Lipinski definition) is 3. The van der Waals surface area contributed by atoms with Gasteiger partial charge in [0.05, 0.1) is 19.1 Å². The number of nitrogens with zero attached hydrogens (tertiary/aromatic N) is 1. The molecule has 0 aromatic heterocycles. The monoisotopic (exact) mass is 372 g/mol. The molecule has 2 aromatic rings. The van der Waals surface area contributed by atoms with Crippen LogP contribution in [0.2, 0.25) is 5.02 Å². The molecule has 136 valence electrons. The van der Waals surface area contributed by atoms with E-state index in [1.807, 2.05) is 37.3 Å². The molecule has 0 aliphatic carbocycles. The Bertz CT molecular complexity index is 807. The molecule has 0 unspecified atom stereocenters. The van der Waals surface area contributed by atoms with Gasteiger partial charge in [-0.3, -0.25) is 9.59 Å². The highest BCUT2D eigenvalue weighted by Gasteiger charge is 2.35. The van der Waals surface area contributed by atoms with Gasteiger partial charge in [-0.15, -0.1) is 0 Å². The molecule has 1 heterocycles. The van der Waals surface area contributed by atoms with Gasteiger partial charge >= 0.3 is 0 Å². The fourth-order valence-corrected chi connectivity index (χ4v) is 3.20. The highest BCUT2D eigenvalue weighted by atomic mass is 35.5. The van der Waals surface area contributed by atoms with Crippen LogP contribution in [0.3, 0.4) is 0 Å². The fourth-order valence-electron chi connectivity index (χ4n) is 3.08. The number of rotatable bonds is 5. The van der Waals surface area contributed by atoms with E-state index in [0.29, 0.717) is 17.3 Å². The molecule has 1 saturated heterocycles. The molecular formula is C20H21ClN2O3. The second-order valence-electron chi connectivity index (χ2n) is 6.39. The van der Waals surface area contributed by atoms with E-state index in [-0.39, 0.29) is 30.2 Å². The molecule has 26 heavy (non-hydrogen) atoms. The van der Waals surface area contributed by atoms with Gasteiger partial charge in [-0.25, -0.2) is 0 Å². The number of amides is 2. The van der Waals surface area contributed by atoms with Crippen molar-refractivity contribution in [2.24, 2.45) is 5.92 Å². The lowest BCUT2D eigenvalue weighted by Crippen LogP contribution is -2.34. The SMILES string of the molecule is COc1cccc(N2C[C@@H](C(=O)N[C@H](C)c3ccc(Cl)cc3)CC2=O)c1. The number of halogens is 1. The number of methoxy groups -OCH3 is 1. The van der Waals surface area contributed by atoms with Gasteiger partial charge in [0.15, 0.2) is 0 Å². The Hall–Kier alpha value is -2.53. The van der Waals surface area contributed by atoms with Crippen molar-refractivity contribution in [2.75, 3.05) is 18.6 Å². The maximum Gasteiger partial charge on any atom is 0.227 e. The van der Waals surface area contributed by atoms with Crippen molar-refractivity contribution < 1.29 is 14.3 Å². The molecule has 0 spiro atoms. The number of carbonyl (C=O) groups is 2. The van der Waals surface area contributed by atoms with Gasteiger partial charge in [0, 0.05) is 29.7 Å². The summed E-state index contributed by atoms with van der Waals surface area (Å²) in [6.07, 6.45) is 0.205. The average Bonchev–Trinajstić information content (AvgIpc) is 3.04. The predicted octanol–water partition coefficient (Wildman–Crippen LogP) is 3.58. The van der Waals surface area contributed by atoms with Crippen LogP contribution in [-0.2, 0) is 9.59 Å². The predicted molar refractivity (Wildman–Crippen MR) is 101 cm³/mol. The Morgan fingerprint density at radius 1 is 1.27 bits per heavy atom. The van der Waals surface area contributed by atoms with E-state index in [1.165, 1.54) is 0 Å². The smallest absolute Gasteiger partial charge is 0.227 e. The van der Waals surface area contributed by atoms with Crippen LogP contribution in [0.15, 0.2) is 48.5 Å². The van der Waals surface area contributed by atoms with Gasteiger partial charge in [-0.05, 0) is 36.8 Å². The Morgan fingerprint density at radius 2 is 2.00 bits per heavy atom. The molecular weight excluding hydrogens is 352 g/mol. The van der Waals surface area contributed by atoms with Gasteiger partial charge in [-0.2, -0.15) is 0 Å². The zero-order chi connectivity index (χ0) is 18.7. The highest BCUT2D eigenvalue weighted by Crippen LogP contribution is 2.28. The number of nitrogens with one attached hydrogen (secondary N) is 1. The largest absolute Gasteiger partial charge is 0.497 e. The molecule has 6 heteroatoms. The topological polar surface area (TPSA) is 58.6 Å². The molecule has 0 bridgehead atoms. The summed E-state index contributed by atoms with van der Waals surface area (Å²) < 4.78 is 5.21. The molecule has 1 N–H and O–H groups in total. The Kier molecular flexibility index (Phi) is 5.47. The van der Waals surface area contributed by atoms with Crippen LogP contribution in [0.25, 0.3) is 0 Å². The van der Waals surface area contributed by atoms with Crippen LogP contribution in [0.5, 0.6) is 5.75 Å². The molecule has 1 aliphatic heterocycles. The molecule has 5 nitrogen and oxygen atoms in total. The van der Waals surface area contributed by atoms with Crippen LogP contribution >= 0.6 is 11.6 Å². The van der Waals surface area contributed by atoms with E-state index in [1.54, 1.807) is 30.2 Å². The van der Waals surface area contributed by atoms with Crippen molar-refractivity contribution in [1.82, 2.24) is 5.32 Å². The average molecular weight is 373 g/mol. The zero-order valence-corrected chi connectivity index (χ0v) is 15.5. The first-order valence-corrected chi connectivity index (χ1v) is 8.86. The summed E-state index contributed by atoms with van der Waals surface area (Å²) in [6, 6.07) is 14.5. The third-order valence-electron chi connectivity index (χ3n) is 4.59. The van der Waals surface area contributed by atoms with Gasteiger partial charge in [-0.1, -0.05) is 29.8 Å². The second-order valence-corrected chi connectivity index (χ2v) is 6.83. The van der Waals surface area contributed by atoms with Crippen LogP contribution in [0.4, 0.5) is 5.69 Å². The third kappa shape index (κ3) is 3.99. The van der Waals surface area contributed by atoms with Crippen molar-refractivity contribution in [1.29, 1.82) is 0 Å². The minimum atomic E-state index is -0.372. The molecule has 0 radical (unpaired) electrons. The van der Waals surface area contributed by atoms with Crippen molar-refractivity contribution in [3.8, 4) is 5.75 Å². The summed E-state index contributed by atoms with van der Waals surface area (Å²) in [4.78, 5) is 26.6. The van der Waals surface area contributed by atoms with Crippen LogP contribution in [-0.4, -0.2) is 25.5 Å². The molecule has 2 amide bonds. The first-order chi connectivity index (χ1) is 12.5. The number of benzene rings is 2. The lowest BCUT2D eigenvalue weighted by atomic mass is 10.1. The summed E-state index contributed by atoms with van der Waals surface area (Å²) in [7, 11) is 1.58. The minimum Gasteiger partial charge on any atom is -0.497 e. The van der Waals surface area contributed by atoms with E-state index in [2.05, 4.69) is 5.32 Å². The van der Waals surface area contributed by atoms with Gasteiger partial charge < -0.3 is 15.0 Å². The van der Waals surface area contributed by atoms with Crippen molar-refractivity contribution in [3.63, 3.8) is 0 Å². The number of ether oxygens (including phenoxy) is 1. The standard InChI is InChI=1S/C20H21ClN2O3/c1-13(14-6-8-16(21)9-7-14)22-20(25)15-10-19(24)23(12-15)17-4-3-5-18(11-17)26-2/h3-9,11,13,15H,10,12H2,1-2H3,(H,22,25)/t13-,15+/m1/s1. The lowest BCUT2D eigenvalue weighted by Gasteiger charge is -2.19. The normalized spacial score (nSPS) is 17.9. The molecule has 2 atom stereocenters. The van der Waals surface area contributed by atoms with Crippen molar-refractivity contribution in [3.05, 3.63) is 59.1 Å².